The molecular formula is C13H21N3O4S. The minimum absolute atomic E-state index is 0.0624. The molecule has 0 spiro atoms. The molecule has 21 heavy (non-hydrogen) atoms. The molecule has 0 aliphatic rings. The van der Waals surface area contributed by atoms with Gasteiger partial charge in [-0.05, 0) is 23.5 Å². The zero-order valence-corrected chi connectivity index (χ0v) is 13.4. The summed E-state index contributed by atoms with van der Waals surface area (Å²) in [6, 6.07) is 3.86. The number of rotatable bonds is 5. The molecule has 0 heterocycles. The smallest absolute Gasteiger partial charge is 0.312 e. The second-order valence-electron chi connectivity index (χ2n) is 6.07. The van der Waals surface area contributed by atoms with Crippen LogP contribution in [-0.2, 0) is 10.0 Å². The number of anilines is 1. The van der Waals surface area contributed by atoms with Crippen LogP contribution >= 0.6 is 0 Å². The summed E-state index contributed by atoms with van der Waals surface area (Å²) in [6.07, 6.45) is 0. The van der Waals surface area contributed by atoms with Gasteiger partial charge in [0.2, 0.25) is 10.0 Å². The number of hydrogen-bond acceptors (Lipinski definition) is 5. The Labute approximate surface area is 124 Å². The van der Waals surface area contributed by atoms with Crippen molar-refractivity contribution in [2.24, 2.45) is 11.3 Å². The molecule has 0 amide bonds. The van der Waals surface area contributed by atoms with Crippen LogP contribution in [0.4, 0.5) is 11.4 Å². The summed E-state index contributed by atoms with van der Waals surface area (Å²) >= 11 is 0. The molecule has 0 saturated carbocycles. The highest BCUT2D eigenvalue weighted by Gasteiger charge is 2.29. The zero-order chi connectivity index (χ0) is 16.4. The molecule has 1 atom stereocenters. The molecular weight excluding hydrogens is 294 g/mol. The molecule has 0 aromatic heterocycles. The molecule has 1 aromatic rings. The summed E-state index contributed by atoms with van der Waals surface area (Å²) in [4.78, 5) is 9.83. The quantitative estimate of drug-likeness (QED) is 0.490. The van der Waals surface area contributed by atoms with Crippen molar-refractivity contribution in [1.82, 2.24) is 4.72 Å². The Morgan fingerprint density at radius 2 is 1.95 bits per heavy atom. The van der Waals surface area contributed by atoms with Gasteiger partial charge < -0.3 is 5.73 Å². The fourth-order valence-electron chi connectivity index (χ4n) is 1.57. The lowest BCUT2D eigenvalue weighted by Gasteiger charge is -2.27. The Balaban J connectivity index is 3.10. The Bertz CT molecular complexity index is 635. The zero-order valence-electron chi connectivity index (χ0n) is 12.6. The van der Waals surface area contributed by atoms with Gasteiger partial charge in [0.25, 0.3) is 0 Å². The minimum Gasteiger partial charge on any atom is -0.393 e. The number of sulfonamides is 1. The van der Waals surface area contributed by atoms with Crippen LogP contribution in [-0.4, -0.2) is 19.9 Å². The Hall–Kier alpha value is -1.67. The van der Waals surface area contributed by atoms with Crippen molar-refractivity contribution in [3.05, 3.63) is 28.3 Å². The molecule has 118 valence electrons. The number of benzene rings is 1. The van der Waals surface area contributed by atoms with E-state index in [9.17, 15) is 18.5 Å². The monoisotopic (exact) mass is 315 g/mol. The normalized spacial score (nSPS) is 13.9. The lowest BCUT2D eigenvalue weighted by Crippen LogP contribution is -2.34. The van der Waals surface area contributed by atoms with Crippen LogP contribution in [0.5, 0.6) is 0 Å². The van der Waals surface area contributed by atoms with E-state index in [2.05, 4.69) is 4.72 Å². The first-order chi connectivity index (χ1) is 9.47. The molecule has 1 unspecified atom stereocenters. The van der Waals surface area contributed by atoms with Gasteiger partial charge in [0.1, 0.15) is 5.69 Å². The van der Waals surface area contributed by atoms with Gasteiger partial charge in [-0.1, -0.05) is 33.8 Å². The van der Waals surface area contributed by atoms with Gasteiger partial charge in [-0.2, -0.15) is 0 Å². The summed E-state index contributed by atoms with van der Waals surface area (Å²) in [5.74, 6) is 0.0624. The first-order valence-electron chi connectivity index (χ1n) is 6.49. The standard InChI is InChI=1S/C13H21N3O4S/c1-9(13(2,3)4)8-15-21(19,20)11-7-5-6-10(14)12(11)16(17)18/h5-7,9,15H,8,14H2,1-4H3. The molecule has 0 radical (unpaired) electrons. The van der Waals surface area contributed by atoms with E-state index in [1.54, 1.807) is 0 Å². The molecule has 0 saturated heterocycles. The van der Waals surface area contributed by atoms with Gasteiger partial charge in [-0.3, -0.25) is 10.1 Å². The van der Waals surface area contributed by atoms with Gasteiger partial charge in [0.05, 0.1) is 4.92 Å². The van der Waals surface area contributed by atoms with Crippen molar-refractivity contribution < 1.29 is 13.3 Å². The van der Waals surface area contributed by atoms with Crippen LogP contribution in [0.3, 0.4) is 0 Å². The van der Waals surface area contributed by atoms with Gasteiger partial charge >= 0.3 is 5.69 Å². The number of para-hydroxylation sites is 1. The first-order valence-corrected chi connectivity index (χ1v) is 7.97. The second-order valence-corrected chi connectivity index (χ2v) is 7.81. The number of nitro groups is 1. The predicted molar refractivity (Wildman–Crippen MR) is 81.3 cm³/mol. The Kier molecular flexibility index (Phi) is 4.95. The van der Waals surface area contributed by atoms with Crippen LogP contribution in [0.1, 0.15) is 27.7 Å². The fourth-order valence-corrected chi connectivity index (χ4v) is 2.90. The van der Waals surface area contributed by atoms with Crippen LogP contribution in [0.25, 0.3) is 0 Å². The van der Waals surface area contributed by atoms with Crippen molar-refractivity contribution in [2.75, 3.05) is 12.3 Å². The predicted octanol–water partition coefficient (Wildman–Crippen LogP) is 2.14. The second kappa shape index (κ2) is 5.98. The summed E-state index contributed by atoms with van der Waals surface area (Å²) in [6.45, 7) is 8.09. The van der Waals surface area contributed by atoms with E-state index in [-0.39, 0.29) is 23.6 Å². The van der Waals surface area contributed by atoms with Crippen molar-refractivity contribution in [1.29, 1.82) is 0 Å². The molecule has 0 aliphatic carbocycles. The van der Waals surface area contributed by atoms with Crippen molar-refractivity contribution in [3.63, 3.8) is 0 Å². The first kappa shape index (κ1) is 17.4. The van der Waals surface area contributed by atoms with E-state index in [1.807, 2.05) is 27.7 Å². The van der Waals surface area contributed by atoms with E-state index in [1.165, 1.54) is 18.2 Å². The van der Waals surface area contributed by atoms with Gasteiger partial charge in [0, 0.05) is 6.54 Å². The highest BCUT2D eigenvalue weighted by atomic mass is 32.2. The summed E-state index contributed by atoms with van der Waals surface area (Å²) in [5.41, 5.74) is 4.67. The average molecular weight is 315 g/mol. The van der Waals surface area contributed by atoms with Gasteiger partial charge in [-0.15, -0.1) is 0 Å². The molecule has 0 bridgehead atoms. The van der Waals surface area contributed by atoms with E-state index >= 15 is 0 Å². The Morgan fingerprint density at radius 3 is 2.43 bits per heavy atom. The third kappa shape index (κ3) is 4.15. The van der Waals surface area contributed by atoms with Crippen molar-refractivity contribution in [3.8, 4) is 0 Å². The molecule has 7 nitrogen and oxygen atoms in total. The van der Waals surface area contributed by atoms with E-state index < -0.39 is 25.5 Å². The lowest BCUT2D eigenvalue weighted by molar-refractivity contribution is -0.386. The largest absolute Gasteiger partial charge is 0.393 e. The minimum atomic E-state index is -3.99. The van der Waals surface area contributed by atoms with Crippen LogP contribution in [0, 0.1) is 21.4 Å². The maximum atomic E-state index is 12.3. The number of nitrogens with zero attached hydrogens (tertiary/aromatic N) is 1. The van der Waals surface area contributed by atoms with Crippen LogP contribution < -0.4 is 10.5 Å². The SMILES string of the molecule is CC(CNS(=O)(=O)c1cccc(N)c1[N+](=O)[O-])C(C)(C)C. The summed E-state index contributed by atoms with van der Waals surface area (Å²) < 4.78 is 27.0. The molecule has 1 rings (SSSR count). The highest BCUT2D eigenvalue weighted by Crippen LogP contribution is 2.30. The fraction of sp³-hybridized carbons (Fsp3) is 0.538. The average Bonchev–Trinajstić information content (AvgIpc) is 2.34. The van der Waals surface area contributed by atoms with E-state index in [0.717, 1.165) is 0 Å². The van der Waals surface area contributed by atoms with Gasteiger partial charge in [0.15, 0.2) is 4.90 Å². The van der Waals surface area contributed by atoms with Gasteiger partial charge in [-0.25, -0.2) is 13.1 Å². The lowest BCUT2D eigenvalue weighted by atomic mass is 9.82. The maximum Gasteiger partial charge on any atom is 0.312 e. The number of nitrogens with two attached hydrogens (primary N) is 1. The highest BCUT2D eigenvalue weighted by molar-refractivity contribution is 7.89. The Morgan fingerprint density at radius 1 is 1.38 bits per heavy atom. The van der Waals surface area contributed by atoms with Crippen molar-refractivity contribution >= 4 is 21.4 Å². The van der Waals surface area contributed by atoms with E-state index in [0.29, 0.717) is 0 Å². The number of nitrogen functional groups attached to an aromatic ring is 1. The third-order valence-electron chi connectivity index (χ3n) is 3.56. The molecule has 3 N–H and O–H groups in total. The summed E-state index contributed by atoms with van der Waals surface area (Å²) in [5, 5.41) is 11.0. The maximum absolute atomic E-state index is 12.3. The summed E-state index contributed by atoms with van der Waals surface area (Å²) in [7, 11) is -3.99. The topological polar surface area (TPSA) is 115 Å². The van der Waals surface area contributed by atoms with Crippen molar-refractivity contribution in [2.45, 2.75) is 32.6 Å². The number of nitro benzene ring substituents is 1. The number of nitrogens with one attached hydrogen (secondary N) is 1. The van der Waals surface area contributed by atoms with Crippen LogP contribution in [0.15, 0.2) is 23.1 Å². The molecule has 1 aromatic carbocycles. The van der Waals surface area contributed by atoms with Crippen LogP contribution in [0.2, 0.25) is 0 Å². The third-order valence-corrected chi connectivity index (χ3v) is 5.02. The molecule has 8 heteroatoms. The van der Waals surface area contributed by atoms with E-state index in [4.69, 9.17) is 5.73 Å². The number of hydrogen-bond donors (Lipinski definition) is 2. The molecule has 0 aliphatic heterocycles. The molecule has 0 fully saturated rings.